The van der Waals surface area contributed by atoms with Gasteiger partial charge in [0.05, 0.1) is 19.3 Å². The maximum atomic E-state index is 12.9. The lowest BCUT2D eigenvalue weighted by atomic mass is 10.1. The van der Waals surface area contributed by atoms with E-state index in [2.05, 4.69) is 10.3 Å². The zero-order chi connectivity index (χ0) is 20.5. The van der Waals surface area contributed by atoms with E-state index < -0.39 is 12.2 Å². The standard InChI is InChI=1S/C21H20N4O4/c1-13-7-8-24-18(11-23-19(24)9-13)20(27)15-3-5-16(6-4-15)25-12-17(29-21(25)28)10-22-14(2)26/h3-9,11,17H,10,12H2,1-2H3,(H,22,26)/t17-/m0/s1. The molecule has 3 heterocycles. The Morgan fingerprint density at radius 1 is 1.24 bits per heavy atom. The quantitative estimate of drug-likeness (QED) is 0.673. The number of cyclic esters (lactones) is 1. The second-order valence-electron chi connectivity index (χ2n) is 7.01. The summed E-state index contributed by atoms with van der Waals surface area (Å²) in [6.07, 6.45) is 2.51. The second-order valence-corrected chi connectivity index (χ2v) is 7.01. The van der Waals surface area contributed by atoms with Crippen molar-refractivity contribution >= 4 is 29.1 Å². The van der Waals surface area contributed by atoms with Gasteiger partial charge in [-0.15, -0.1) is 0 Å². The minimum Gasteiger partial charge on any atom is -0.442 e. The van der Waals surface area contributed by atoms with Crippen molar-refractivity contribution in [1.29, 1.82) is 0 Å². The number of anilines is 1. The number of ether oxygens (including phenoxy) is 1. The van der Waals surface area contributed by atoms with Crippen LogP contribution in [-0.2, 0) is 9.53 Å². The van der Waals surface area contributed by atoms with Crippen molar-refractivity contribution in [3.63, 3.8) is 0 Å². The molecule has 8 heteroatoms. The molecule has 148 valence electrons. The highest BCUT2D eigenvalue weighted by Gasteiger charge is 2.32. The molecule has 2 aromatic heterocycles. The van der Waals surface area contributed by atoms with Gasteiger partial charge in [-0.2, -0.15) is 0 Å². The minimum absolute atomic E-state index is 0.152. The third-order valence-corrected chi connectivity index (χ3v) is 4.80. The van der Waals surface area contributed by atoms with Crippen LogP contribution in [0.3, 0.4) is 0 Å². The summed E-state index contributed by atoms with van der Waals surface area (Å²) < 4.78 is 7.02. The fourth-order valence-electron chi connectivity index (χ4n) is 3.29. The van der Waals surface area contributed by atoms with Gasteiger partial charge >= 0.3 is 6.09 Å². The Balaban J connectivity index is 1.51. The number of benzene rings is 1. The highest BCUT2D eigenvalue weighted by Crippen LogP contribution is 2.23. The smallest absolute Gasteiger partial charge is 0.414 e. The highest BCUT2D eigenvalue weighted by atomic mass is 16.6. The van der Waals surface area contributed by atoms with Gasteiger partial charge in [0.15, 0.2) is 0 Å². The van der Waals surface area contributed by atoms with E-state index in [0.717, 1.165) is 11.2 Å². The van der Waals surface area contributed by atoms with E-state index in [1.807, 2.05) is 25.3 Å². The van der Waals surface area contributed by atoms with Gasteiger partial charge in [-0.25, -0.2) is 9.78 Å². The third kappa shape index (κ3) is 3.69. The number of hydrogen-bond donors (Lipinski definition) is 1. The maximum Gasteiger partial charge on any atom is 0.414 e. The Morgan fingerprint density at radius 3 is 2.72 bits per heavy atom. The van der Waals surface area contributed by atoms with E-state index in [1.54, 1.807) is 34.9 Å². The lowest BCUT2D eigenvalue weighted by molar-refractivity contribution is -0.119. The van der Waals surface area contributed by atoms with Gasteiger partial charge in [0.2, 0.25) is 11.7 Å². The number of nitrogens with zero attached hydrogens (tertiary/aromatic N) is 3. The number of hydrogen-bond acceptors (Lipinski definition) is 5. The van der Waals surface area contributed by atoms with Gasteiger partial charge in [0.1, 0.15) is 17.4 Å². The monoisotopic (exact) mass is 392 g/mol. The number of carbonyl (C=O) groups excluding carboxylic acids is 3. The third-order valence-electron chi connectivity index (χ3n) is 4.80. The number of ketones is 1. The van der Waals surface area contributed by atoms with Gasteiger partial charge in [0, 0.05) is 24.4 Å². The zero-order valence-electron chi connectivity index (χ0n) is 16.1. The average Bonchev–Trinajstić information content (AvgIpc) is 3.29. The van der Waals surface area contributed by atoms with Gasteiger partial charge < -0.3 is 10.1 Å². The lowest BCUT2D eigenvalue weighted by Crippen LogP contribution is -2.33. The number of nitrogens with one attached hydrogen (secondary N) is 1. The van der Waals surface area contributed by atoms with Crippen molar-refractivity contribution < 1.29 is 19.1 Å². The van der Waals surface area contributed by atoms with E-state index in [1.165, 1.54) is 11.8 Å². The lowest BCUT2D eigenvalue weighted by Gasteiger charge is -2.13. The molecule has 0 unspecified atom stereocenters. The molecule has 0 radical (unpaired) electrons. The predicted octanol–water partition coefficient (Wildman–Crippen LogP) is 2.34. The Bertz CT molecular complexity index is 1100. The van der Waals surface area contributed by atoms with Crippen LogP contribution in [0.2, 0.25) is 0 Å². The maximum absolute atomic E-state index is 12.9. The molecule has 4 rings (SSSR count). The van der Waals surface area contributed by atoms with E-state index >= 15 is 0 Å². The molecule has 0 spiro atoms. The summed E-state index contributed by atoms with van der Waals surface area (Å²) in [4.78, 5) is 41.8. The molecule has 0 saturated carbocycles. The molecule has 1 aliphatic heterocycles. The second kappa shape index (κ2) is 7.38. The first-order chi connectivity index (χ1) is 13.9. The molecule has 0 aliphatic carbocycles. The first kappa shape index (κ1) is 18.7. The topological polar surface area (TPSA) is 93.0 Å². The summed E-state index contributed by atoms with van der Waals surface area (Å²) in [7, 11) is 0. The van der Waals surface area contributed by atoms with Gasteiger partial charge in [-0.05, 0) is 48.9 Å². The van der Waals surface area contributed by atoms with E-state index in [4.69, 9.17) is 4.74 Å². The van der Waals surface area contributed by atoms with Crippen molar-refractivity contribution in [2.75, 3.05) is 18.0 Å². The number of fused-ring (bicyclic) bond motifs is 1. The number of amides is 2. The Labute approximate surface area is 167 Å². The van der Waals surface area contributed by atoms with Crippen molar-refractivity contribution in [2.45, 2.75) is 20.0 Å². The average molecular weight is 392 g/mol. The van der Waals surface area contributed by atoms with E-state index in [9.17, 15) is 14.4 Å². The molecular weight excluding hydrogens is 372 g/mol. The molecule has 1 aliphatic rings. The van der Waals surface area contributed by atoms with Crippen molar-refractivity contribution in [2.24, 2.45) is 0 Å². The first-order valence-corrected chi connectivity index (χ1v) is 9.23. The number of pyridine rings is 1. The largest absolute Gasteiger partial charge is 0.442 e. The van der Waals surface area contributed by atoms with Gasteiger partial charge in [-0.1, -0.05) is 0 Å². The number of aromatic nitrogens is 2. The minimum atomic E-state index is -0.475. The van der Waals surface area contributed by atoms with Crippen LogP contribution < -0.4 is 10.2 Å². The molecule has 1 saturated heterocycles. The van der Waals surface area contributed by atoms with Crippen molar-refractivity contribution in [3.05, 3.63) is 65.6 Å². The molecule has 3 aromatic rings. The Hall–Kier alpha value is -3.68. The van der Waals surface area contributed by atoms with Crippen LogP contribution >= 0.6 is 0 Å². The fraction of sp³-hybridized carbons (Fsp3) is 0.238. The normalized spacial score (nSPS) is 16.1. The molecule has 1 N–H and O–H groups in total. The van der Waals surface area contributed by atoms with Crippen LogP contribution in [0.15, 0.2) is 48.8 Å². The first-order valence-electron chi connectivity index (χ1n) is 9.23. The van der Waals surface area contributed by atoms with Crippen molar-refractivity contribution in [3.8, 4) is 0 Å². The summed E-state index contributed by atoms with van der Waals surface area (Å²) in [6, 6.07) is 10.6. The number of carbonyl (C=O) groups is 3. The van der Waals surface area contributed by atoms with Gasteiger partial charge in [0.25, 0.3) is 0 Å². The van der Waals surface area contributed by atoms with Crippen molar-refractivity contribution in [1.82, 2.24) is 14.7 Å². The molecule has 1 atom stereocenters. The number of imidazole rings is 1. The Kier molecular flexibility index (Phi) is 4.75. The Morgan fingerprint density at radius 2 is 2.00 bits per heavy atom. The van der Waals surface area contributed by atoms with Crippen LogP contribution in [0.1, 0.15) is 28.5 Å². The predicted molar refractivity (Wildman–Crippen MR) is 106 cm³/mol. The fourth-order valence-corrected chi connectivity index (χ4v) is 3.29. The molecule has 0 bridgehead atoms. The van der Waals surface area contributed by atoms with Crippen LogP contribution in [0.4, 0.5) is 10.5 Å². The zero-order valence-corrected chi connectivity index (χ0v) is 16.1. The van der Waals surface area contributed by atoms with Crippen LogP contribution in [-0.4, -0.2) is 46.4 Å². The van der Waals surface area contributed by atoms with E-state index in [-0.39, 0.29) is 18.2 Å². The molecule has 1 fully saturated rings. The summed E-state index contributed by atoms with van der Waals surface area (Å²) in [5.74, 6) is -0.328. The molecule has 8 nitrogen and oxygen atoms in total. The van der Waals surface area contributed by atoms with Gasteiger partial charge in [-0.3, -0.25) is 18.9 Å². The molecular formula is C21H20N4O4. The highest BCUT2D eigenvalue weighted by molar-refractivity contribution is 6.08. The summed E-state index contributed by atoms with van der Waals surface area (Å²) in [6.45, 7) is 3.98. The molecule has 29 heavy (non-hydrogen) atoms. The number of rotatable bonds is 5. The van der Waals surface area contributed by atoms with Crippen LogP contribution in [0.25, 0.3) is 5.65 Å². The summed E-state index contributed by atoms with van der Waals surface area (Å²) in [5.41, 5.74) is 3.39. The number of aryl methyl sites for hydroxylation is 1. The van der Waals surface area contributed by atoms with Crippen LogP contribution in [0, 0.1) is 6.92 Å². The summed E-state index contributed by atoms with van der Waals surface area (Å²) >= 11 is 0. The SMILES string of the molecule is CC(=O)NC[C@H]1CN(c2ccc(C(=O)c3cnc4cc(C)ccn34)cc2)C(=O)O1. The molecule has 1 aromatic carbocycles. The van der Waals surface area contributed by atoms with Crippen LogP contribution in [0.5, 0.6) is 0 Å². The summed E-state index contributed by atoms with van der Waals surface area (Å²) in [5, 5.41) is 2.64. The van der Waals surface area contributed by atoms with E-state index in [0.29, 0.717) is 23.5 Å². The molecule has 2 amide bonds.